The van der Waals surface area contributed by atoms with Gasteiger partial charge in [-0.1, -0.05) is 30.3 Å². The van der Waals surface area contributed by atoms with Gasteiger partial charge in [0, 0.05) is 26.5 Å². The van der Waals surface area contributed by atoms with Crippen LogP contribution < -0.4 is 16.4 Å². The second-order valence-corrected chi connectivity index (χ2v) is 6.31. The van der Waals surface area contributed by atoms with Crippen LogP contribution in [0.25, 0.3) is 11.2 Å². The van der Waals surface area contributed by atoms with E-state index in [0.717, 1.165) is 5.56 Å². The van der Waals surface area contributed by atoms with Crippen LogP contribution in [0.4, 0.5) is 0 Å². The number of nitrogens with zero attached hydrogens (tertiary/aromatic N) is 3. The van der Waals surface area contributed by atoms with Gasteiger partial charge < -0.3 is 10.1 Å². The van der Waals surface area contributed by atoms with Crippen molar-refractivity contribution < 1.29 is 9.53 Å². The number of nitrogens with one attached hydrogen (secondary N) is 1. The fourth-order valence-corrected chi connectivity index (χ4v) is 2.96. The second-order valence-electron chi connectivity index (χ2n) is 6.31. The maximum Gasteiger partial charge on any atom is 0.318 e. The first-order valence-corrected chi connectivity index (χ1v) is 8.99. The largest absolute Gasteiger partial charge is 0.385 e. The van der Waals surface area contributed by atoms with Crippen LogP contribution in [0.1, 0.15) is 12.0 Å². The van der Waals surface area contributed by atoms with Crippen molar-refractivity contribution in [1.82, 2.24) is 19.4 Å². The Bertz CT molecular complexity index is 1070. The normalized spacial score (nSPS) is 10.9. The minimum Gasteiger partial charge on any atom is -0.385 e. The van der Waals surface area contributed by atoms with Crippen molar-refractivity contribution in [2.45, 2.75) is 19.5 Å². The smallest absolute Gasteiger partial charge is 0.318 e. The highest BCUT2D eigenvalue weighted by molar-refractivity contribution is 5.78. The van der Waals surface area contributed by atoms with Gasteiger partial charge in [-0.15, -0.1) is 0 Å². The molecule has 1 amide bonds. The molecule has 3 rings (SSSR count). The Kier molecular flexibility index (Phi) is 6.33. The van der Waals surface area contributed by atoms with Crippen molar-refractivity contribution >= 4 is 17.1 Å². The number of carbonyl (C=O) groups is 1. The fraction of sp³-hybridized carbons (Fsp3) is 0.300. The van der Waals surface area contributed by atoms with Crippen LogP contribution in [0, 0.1) is 0 Å². The summed E-state index contributed by atoms with van der Waals surface area (Å²) in [6, 6.07) is 12.7. The van der Waals surface area contributed by atoms with Gasteiger partial charge in [0.05, 0.1) is 12.1 Å². The van der Waals surface area contributed by atoms with E-state index >= 15 is 0 Å². The topological polar surface area (TPSA) is 95.2 Å². The first-order chi connectivity index (χ1) is 13.6. The van der Waals surface area contributed by atoms with Gasteiger partial charge in [-0.2, -0.15) is 0 Å². The molecule has 0 atom stereocenters. The summed E-state index contributed by atoms with van der Waals surface area (Å²) >= 11 is 0. The highest BCUT2D eigenvalue weighted by Gasteiger charge is 2.16. The maximum absolute atomic E-state index is 12.7. The van der Waals surface area contributed by atoms with Gasteiger partial charge in [0.15, 0.2) is 5.65 Å². The number of pyridine rings is 1. The van der Waals surface area contributed by atoms with Crippen LogP contribution in [-0.2, 0) is 22.6 Å². The molecule has 8 heteroatoms. The summed E-state index contributed by atoms with van der Waals surface area (Å²) in [6.07, 6.45) is 2.22. The zero-order chi connectivity index (χ0) is 19.9. The van der Waals surface area contributed by atoms with Crippen molar-refractivity contribution in [2.75, 3.05) is 20.3 Å². The lowest BCUT2D eigenvalue weighted by Gasteiger charge is -2.14. The minimum absolute atomic E-state index is 0.229. The molecule has 0 bridgehead atoms. The van der Waals surface area contributed by atoms with Crippen LogP contribution in [0.5, 0.6) is 0 Å². The van der Waals surface area contributed by atoms with E-state index in [0.29, 0.717) is 30.7 Å². The molecular formula is C20H22N4O4. The number of benzene rings is 1. The van der Waals surface area contributed by atoms with E-state index in [1.807, 2.05) is 30.3 Å². The van der Waals surface area contributed by atoms with Gasteiger partial charge in [-0.3, -0.25) is 23.5 Å². The molecule has 0 saturated carbocycles. The van der Waals surface area contributed by atoms with Crippen LogP contribution >= 0.6 is 0 Å². The molecule has 8 nitrogen and oxygen atoms in total. The molecule has 0 radical (unpaired) electrons. The molecule has 146 valence electrons. The number of amides is 1. The van der Waals surface area contributed by atoms with Crippen molar-refractivity contribution in [2.24, 2.45) is 0 Å². The average molecular weight is 382 g/mol. The number of fused-ring (bicyclic) bond motifs is 1. The summed E-state index contributed by atoms with van der Waals surface area (Å²) in [5, 5.41) is 2.72. The Labute approximate surface area is 161 Å². The summed E-state index contributed by atoms with van der Waals surface area (Å²) in [5.41, 5.74) is 0.230. The van der Waals surface area contributed by atoms with Gasteiger partial charge in [0.2, 0.25) is 5.91 Å². The monoisotopic (exact) mass is 382 g/mol. The first kappa shape index (κ1) is 19.5. The van der Waals surface area contributed by atoms with Crippen LogP contribution in [0.15, 0.2) is 58.3 Å². The second kappa shape index (κ2) is 9.09. The van der Waals surface area contributed by atoms with Gasteiger partial charge in [-0.25, -0.2) is 4.98 Å². The zero-order valence-electron chi connectivity index (χ0n) is 15.6. The summed E-state index contributed by atoms with van der Waals surface area (Å²) in [7, 11) is 1.59. The summed E-state index contributed by atoms with van der Waals surface area (Å²) in [6.45, 7) is 0.952. The first-order valence-electron chi connectivity index (χ1n) is 8.99. The van der Waals surface area contributed by atoms with E-state index < -0.39 is 11.1 Å². The van der Waals surface area contributed by atoms with E-state index in [1.165, 1.54) is 9.13 Å². The molecule has 3 aromatic rings. The SMILES string of the molecule is COCCCNC(=O)Cn1c(=O)c(=O)n(Cc2ccccc2)c2ncccc21. The third-order valence-electron chi connectivity index (χ3n) is 4.32. The lowest BCUT2D eigenvalue weighted by Crippen LogP contribution is -2.44. The quantitative estimate of drug-likeness (QED) is 0.458. The van der Waals surface area contributed by atoms with Gasteiger partial charge in [-0.05, 0) is 24.1 Å². The summed E-state index contributed by atoms with van der Waals surface area (Å²) < 4.78 is 7.46. The van der Waals surface area contributed by atoms with Gasteiger partial charge in [0.1, 0.15) is 6.54 Å². The molecule has 1 N–H and O–H groups in total. The van der Waals surface area contributed by atoms with Gasteiger partial charge in [0.25, 0.3) is 0 Å². The molecule has 0 unspecified atom stereocenters. The third kappa shape index (κ3) is 4.34. The maximum atomic E-state index is 12.7. The van der Waals surface area contributed by atoms with Crippen molar-refractivity contribution in [3.8, 4) is 0 Å². The Morgan fingerprint density at radius 2 is 1.82 bits per heavy atom. The molecule has 0 aliphatic carbocycles. The molecule has 0 fully saturated rings. The molecule has 0 saturated heterocycles. The number of hydrogen-bond acceptors (Lipinski definition) is 5. The number of aromatic nitrogens is 3. The lowest BCUT2D eigenvalue weighted by molar-refractivity contribution is -0.121. The van der Waals surface area contributed by atoms with Crippen LogP contribution in [-0.4, -0.2) is 40.3 Å². The molecular weight excluding hydrogens is 360 g/mol. The highest BCUT2D eigenvalue weighted by Crippen LogP contribution is 2.09. The summed E-state index contributed by atoms with van der Waals surface area (Å²) in [5.74, 6) is -0.344. The molecule has 0 spiro atoms. The van der Waals surface area contributed by atoms with Crippen LogP contribution in [0.2, 0.25) is 0 Å². The summed E-state index contributed by atoms with van der Waals surface area (Å²) in [4.78, 5) is 41.9. The Morgan fingerprint density at radius 1 is 1.07 bits per heavy atom. The van der Waals surface area contributed by atoms with E-state index in [1.54, 1.807) is 25.4 Å². The van der Waals surface area contributed by atoms with Crippen molar-refractivity contribution in [3.63, 3.8) is 0 Å². The number of hydrogen-bond donors (Lipinski definition) is 1. The van der Waals surface area contributed by atoms with Crippen molar-refractivity contribution in [1.29, 1.82) is 0 Å². The number of rotatable bonds is 8. The number of ether oxygens (including phenoxy) is 1. The molecule has 28 heavy (non-hydrogen) atoms. The van der Waals surface area contributed by atoms with E-state index in [-0.39, 0.29) is 19.0 Å². The Morgan fingerprint density at radius 3 is 2.57 bits per heavy atom. The average Bonchev–Trinajstić information content (AvgIpc) is 2.72. The van der Waals surface area contributed by atoms with E-state index in [4.69, 9.17) is 4.74 Å². The Balaban J connectivity index is 1.96. The lowest BCUT2D eigenvalue weighted by atomic mass is 10.2. The zero-order valence-corrected chi connectivity index (χ0v) is 15.6. The fourth-order valence-electron chi connectivity index (χ4n) is 2.96. The van der Waals surface area contributed by atoms with E-state index in [2.05, 4.69) is 10.3 Å². The number of methoxy groups -OCH3 is 1. The Hall–Kier alpha value is -3.26. The molecule has 2 heterocycles. The molecule has 1 aromatic carbocycles. The molecule has 2 aromatic heterocycles. The molecule has 0 aliphatic heterocycles. The number of carbonyl (C=O) groups excluding carboxylic acids is 1. The molecule has 0 aliphatic rings. The standard InChI is InChI=1S/C20H22N4O4/c1-28-12-6-11-21-17(25)14-23-16-9-5-10-22-18(16)24(20(27)19(23)26)13-15-7-3-2-4-8-15/h2-5,7-10H,6,11-14H2,1H3,(H,21,25). The minimum atomic E-state index is -0.747. The van der Waals surface area contributed by atoms with Crippen LogP contribution in [0.3, 0.4) is 0 Å². The van der Waals surface area contributed by atoms with Crippen molar-refractivity contribution in [3.05, 3.63) is 74.9 Å². The highest BCUT2D eigenvalue weighted by atomic mass is 16.5. The van der Waals surface area contributed by atoms with Gasteiger partial charge >= 0.3 is 11.1 Å². The predicted molar refractivity (Wildman–Crippen MR) is 105 cm³/mol. The third-order valence-corrected chi connectivity index (χ3v) is 4.32. The predicted octanol–water partition coefficient (Wildman–Crippen LogP) is 0.759. The van der Waals surface area contributed by atoms with E-state index in [9.17, 15) is 14.4 Å².